The van der Waals surface area contributed by atoms with Crippen molar-refractivity contribution in [2.45, 2.75) is 77.6 Å². The average molecular weight is 237 g/mol. The monoisotopic (exact) mass is 237 g/mol. The molecule has 0 radical (unpaired) electrons. The normalized spacial score (nSPS) is 35.3. The molecule has 2 saturated carbocycles. The first kappa shape index (κ1) is 13.4. The van der Waals surface area contributed by atoms with Gasteiger partial charge in [-0.05, 0) is 62.3 Å². The lowest BCUT2D eigenvalue weighted by Crippen LogP contribution is -2.40. The molecule has 2 fully saturated rings. The molecule has 0 unspecified atom stereocenters. The van der Waals surface area contributed by atoms with Gasteiger partial charge in [-0.3, -0.25) is 0 Å². The molecule has 2 N–H and O–H groups in total. The molecule has 2 aliphatic carbocycles. The number of rotatable bonds is 5. The summed E-state index contributed by atoms with van der Waals surface area (Å²) in [6.07, 6.45) is 15.9. The van der Waals surface area contributed by atoms with E-state index in [1.54, 1.807) is 0 Å². The number of unbranched alkanes of at least 4 members (excludes halogenated alkanes) is 1. The summed E-state index contributed by atoms with van der Waals surface area (Å²) in [5, 5.41) is 0. The van der Waals surface area contributed by atoms with E-state index in [1.807, 2.05) is 0 Å². The van der Waals surface area contributed by atoms with Crippen molar-refractivity contribution in [3.05, 3.63) is 0 Å². The van der Waals surface area contributed by atoms with Crippen LogP contribution in [0.1, 0.15) is 77.6 Å². The minimum absolute atomic E-state index is 0.555. The lowest BCUT2D eigenvalue weighted by atomic mass is 9.62. The molecule has 17 heavy (non-hydrogen) atoms. The first-order chi connectivity index (χ1) is 8.30. The molecule has 0 saturated heterocycles. The maximum absolute atomic E-state index is 6.16. The van der Waals surface area contributed by atoms with Crippen molar-refractivity contribution < 1.29 is 0 Å². The fraction of sp³-hybridized carbons (Fsp3) is 1.00. The van der Waals surface area contributed by atoms with Crippen LogP contribution in [0.25, 0.3) is 0 Å². The quantitative estimate of drug-likeness (QED) is 0.748. The largest absolute Gasteiger partial charge is 0.330 e. The molecule has 0 bridgehead atoms. The van der Waals surface area contributed by atoms with Crippen molar-refractivity contribution in [3.63, 3.8) is 0 Å². The van der Waals surface area contributed by atoms with Gasteiger partial charge in [-0.25, -0.2) is 0 Å². The Morgan fingerprint density at radius 3 is 2.24 bits per heavy atom. The van der Waals surface area contributed by atoms with Gasteiger partial charge in [-0.2, -0.15) is 0 Å². The van der Waals surface area contributed by atoms with E-state index in [2.05, 4.69) is 6.92 Å². The molecule has 0 heterocycles. The lowest BCUT2D eigenvalue weighted by Gasteiger charge is -2.44. The minimum atomic E-state index is 0.555. The molecule has 0 aromatic carbocycles. The Hall–Kier alpha value is -0.0400. The summed E-state index contributed by atoms with van der Waals surface area (Å²) in [7, 11) is 0. The summed E-state index contributed by atoms with van der Waals surface area (Å²) < 4.78 is 0. The third-order valence-electron chi connectivity index (χ3n) is 5.69. The Kier molecular flexibility index (Phi) is 4.90. The van der Waals surface area contributed by atoms with E-state index in [1.165, 1.54) is 70.6 Å². The number of hydrogen-bond donors (Lipinski definition) is 1. The maximum Gasteiger partial charge on any atom is -0.00179 e. The van der Waals surface area contributed by atoms with Gasteiger partial charge in [0.1, 0.15) is 0 Å². The topological polar surface area (TPSA) is 26.0 Å². The highest BCUT2D eigenvalue weighted by Crippen LogP contribution is 2.50. The van der Waals surface area contributed by atoms with Crippen molar-refractivity contribution >= 4 is 0 Å². The van der Waals surface area contributed by atoms with Crippen molar-refractivity contribution in [1.82, 2.24) is 0 Å². The fourth-order valence-corrected chi connectivity index (χ4v) is 4.35. The molecule has 2 rings (SSSR count). The number of hydrogen-bond acceptors (Lipinski definition) is 1. The van der Waals surface area contributed by atoms with Crippen molar-refractivity contribution in [2.75, 3.05) is 6.54 Å². The molecule has 1 heteroatoms. The van der Waals surface area contributed by atoms with E-state index < -0.39 is 0 Å². The Bertz CT molecular complexity index is 210. The van der Waals surface area contributed by atoms with Crippen LogP contribution in [-0.4, -0.2) is 6.54 Å². The van der Waals surface area contributed by atoms with Crippen molar-refractivity contribution in [1.29, 1.82) is 0 Å². The van der Waals surface area contributed by atoms with Crippen molar-refractivity contribution in [2.24, 2.45) is 23.0 Å². The third-order valence-corrected chi connectivity index (χ3v) is 5.69. The Labute approximate surface area is 108 Å². The molecule has 1 nitrogen and oxygen atoms in total. The van der Waals surface area contributed by atoms with Crippen LogP contribution >= 0.6 is 0 Å². The lowest BCUT2D eigenvalue weighted by molar-refractivity contribution is 0.0806. The molecule has 0 atom stereocenters. The second-order valence-electron chi connectivity index (χ2n) is 6.63. The Morgan fingerprint density at radius 2 is 1.71 bits per heavy atom. The summed E-state index contributed by atoms with van der Waals surface area (Å²) in [5.74, 6) is 2.00. The van der Waals surface area contributed by atoms with Gasteiger partial charge in [0.05, 0.1) is 0 Å². The molecule has 0 aromatic heterocycles. The summed E-state index contributed by atoms with van der Waals surface area (Å²) >= 11 is 0. The van der Waals surface area contributed by atoms with Crippen LogP contribution in [0.5, 0.6) is 0 Å². The van der Waals surface area contributed by atoms with Gasteiger partial charge in [-0.1, -0.05) is 39.0 Å². The molecule has 100 valence electrons. The molecule has 0 spiro atoms. The molecule has 2 aliphatic rings. The smallest absolute Gasteiger partial charge is 0.00179 e. The first-order valence-corrected chi connectivity index (χ1v) is 8.01. The summed E-state index contributed by atoms with van der Waals surface area (Å²) in [6.45, 7) is 3.27. The highest BCUT2D eigenvalue weighted by molar-refractivity contribution is 4.93. The molecule has 0 aromatic rings. The SMILES string of the molecule is CCCCC1CCC(CN)(C2CCCC2)CC1. The van der Waals surface area contributed by atoms with Gasteiger partial charge < -0.3 is 5.73 Å². The number of nitrogens with two attached hydrogens (primary N) is 1. The predicted molar refractivity (Wildman–Crippen MR) is 74.9 cm³/mol. The third kappa shape index (κ3) is 3.05. The zero-order valence-corrected chi connectivity index (χ0v) is 11.7. The van der Waals surface area contributed by atoms with Crippen LogP contribution in [0.4, 0.5) is 0 Å². The van der Waals surface area contributed by atoms with Gasteiger partial charge in [0.2, 0.25) is 0 Å². The summed E-state index contributed by atoms with van der Waals surface area (Å²) in [5.41, 5.74) is 6.72. The first-order valence-electron chi connectivity index (χ1n) is 8.01. The summed E-state index contributed by atoms with van der Waals surface area (Å²) in [6, 6.07) is 0. The van der Waals surface area contributed by atoms with Crippen LogP contribution in [0, 0.1) is 17.3 Å². The second kappa shape index (κ2) is 6.22. The minimum Gasteiger partial charge on any atom is -0.330 e. The molecule has 0 aliphatic heterocycles. The highest BCUT2D eigenvalue weighted by Gasteiger charge is 2.41. The van der Waals surface area contributed by atoms with Crippen LogP contribution in [0.3, 0.4) is 0 Å². The zero-order valence-electron chi connectivity index (χ0n) is 11.7. The van der Waals surface area contributed by atoms with E-state index in [0.717, 1.165) is 18.4 Å². The van der Waals surface area contributed by atoms with Gasteiger partial charge in [-0.15, -0.1) is 0 Å². The van der Waals surface area contributed by atoms with E-state index in [-0.39, 0.29) is 0 Å². The Morgan fingerprint density at radius 1 is 1.06 bits per heavy atom. The fourth-order valence-electron chi connectivity index (χ4n) is 4.35. The van der Waals surface area contributed by atoms with Gasteiger partial charge in [0.15, 0.2) is 0 Å². The maximum atomic E-state index is 6.16. The van der Waals surface area contributed by atoms with E-state index in [0.29, 0.717) is 5.41 Å². The van der Waals surface area contributed by atoms with Gasteiger partial charge >= 0.3 is 0 Å². The second-order valence-corrected chi connectivity index (χ2v) is 6.63. The standard InChI is InChI=1S/C16H31N/c1-2-3-6-14-9-11-16(13-17,12-10-14)15-7-4-5-8-15/h14-15H,2-13,17H2,1H3. The van der Waals surface area contributed by atoms with E-state index in [9.17, 15) is 0 Å². The van der Waals surface area contributed by atoms with Gasteiger partial charge in [0.25, 0.3) is 0 Å². The zero-order chi connectivity index (χ0) is 12.1. The predicted octanol–water partition coefficient (Wildman–Crippen LogP) is 4.50. The van der Waals surface area contributed by atoms with Gasteiger partial charge in [0, 0.05) is 0 Å². The van der Waals surface area contributed by atoms with E-state index >= 15 is 0 Å². The molecule has 0 amide bonds. The Balaban J connectivity index is 1.85. The van der Waals surface area contributed by atoms with Crippen LogP contribution in [-0.2, 0) is 0 Å². The summed E-state index contributed by atoms with van der Waals surface area (Å²) in [4.78, 5) is 0. The van der Waals surface area contributed by atoms with Crippen LogP contribution in [0.15, 0.2) is 0 Å². The molecular weight excluding hydrogens is 206 g/mol. The van der Waals surface area contributed by atoms with Crippen molar-refractivity contribution in [3.8, 4) is 0 Å². The highest BCUT2D eigenvalue weighted by atomic mass is 14.6. The van der Waals surface area contributed by atoms with Crippen LogP contribution in [0.2, 0.25) is 0 Å². The average Bonchev–Trinajstić information content (AvgIpc) is 2.91. The van der Waals surface area contributed by atoms with E-state index in [4.69, 9.17) is 5.73 Å². The molecular formula is C16H31N. The van der Waals surface area contributed by atoms with Crippen LogP contribution < -0.4 is 5.73 Å².